The van der Waals surface area contributed by atoms with Gasteiger partial charge in [0.2, 0.25) is 12.3 Å². The van der Waals surface area contributed by atoms with Crippen LogP contribution in [-0.4, -0.2) is 47.7 Å². The van der Waals surface area contributed by atoms with Gasteiger partial charge >= 0.3 is 12.3 Å². The largest absolute Gasteiger partial charge is 0.573 e. The number of carbonyl (C=O) groups excluding carboxylic acids is 3. The van der Waals surface area contributed by atoms with Crippen molar-refractivity contribution >= 4 is 30.0 Å². The van der Waals surface area contributed by atoms with E-state index in [0.717, 1.165) is 17.7 Å². The number of ether oxygens (including phenoxy) is 3. The zero-order valence-electron chi connectivity index (χ0n) is 20.0. The fourth-order valence-corrected chi connectivity index (χ4v) is 3.95. The molecule has 1 heterocycles. The Morgan fingerprint density at radius 1 is 1.05 bits per heavy atom. The van der Waals surface area contributed by atoms with Crippen molar-refractivity contribution < 1.29 is 41.8 Å². The molecule has 2 amide bonds. The predicted octanol–water partition coefficient (Wildman–Crippen LogP) is 4.50. The molecule has 0 spiro atoms. The van der Waals surface area contributed by atoms with E-state index in [-0.39, 0.29) is 12.2 Å². The van der Waals surface area contributed by atoms with E-state index in [1.54, 1.807) is 36.6 Å². The molecular formula is C26H23F3N2O6S. The lowest BCUT2D eigenvalue weighted by Crippen LogP contribution is -2.32. The van der Waals surface area contributed by atoms with Gasteiger partial charge in [0.1, 0.15) is 18.1 Å². The van der Waals surface area contributed by atoms with E-state index in [1.807, 2.05) is 0 Å². The van der Waals surface area contributed by atoms with Crippen molar-refractivity contribution in [1.82, 2.24) is 10.3 Å². The monoisotopic (exact) mass is 548 g/mol. The summed E-state index contributed by atoms with van der Waals surface area (Å²) in [6.07, 6.45) is -0.476. The maximum absolute atomic E-state index is 12.6. The van der Waals surface area contributed by atoms with Crippen molar-refractivity contribution in [3.05, 3.63) is 89.7 Å². The third kappa shape index (κ3) is 8.80. The Balaban J connectivity index is 1.71. The Morgan fingerprint density at radius 3 is 2.32 bits per heavy atom. The highest BCUT2D eigenvalue weighted by Gasteiger charge is 2.31. The smallest absolute Gasteiger partial charge is 0.489 e. The van der Waals surface area contributed by atoms with Gasteiger partial charge in [0.15, 0.2) is 6.10 Å². The number of halogens is 3. The lowest BCUT2D eigenvalue weighted by atomic mass is 10.1. The van der Waals surface area contributed by atoms with E-state index in [2.05, 4.69) is 15.0 Å². The molecular weight excluding hydrogens is 525 g/mol. The molecule has 0 saturated carbocycles. The first-order chi connectivity index (χ1) is 18.2. The predicted molar refractivity (Wildman–Crippen MR) is 133 cm³/mol. The van der Waals surface area contributed by atoms with Crippen LogP contribution in [0.3, 0.4) is 0 Å². The maximum atomic E-state index is 12.6. The van der Waals surface area contributed by atoms with Gasteiger partial charge < -0.3 is 14.2 Å². The number of pyridine rings is 1. The number of thioether (sulfide) groups is 1. The van der Waals surface area contributed by atoms with Crippen molar-refractivity contribution in [2.45, 2.75) is 24.1 Å². The van der Waals surface area contributed by atoms with E-state index in [1.165, 1.54) is 42.4 Å². The minimum atomic E-state index is -4.84. The van der Waals surface area contributed by atoms with Gasteiger partial charge in [-0.3, -0.25) is 19.9 Å². The number of nitrogens with one attached hydrogen (secondary N) is 1. The third-order valence-corrected chi connectivity index (χ3v) is 6.11. The van der Waals surface area contributed by atoms with Crippen LogP contribution in [0.15, 0.2) is 73.1 Å². The summed E-state index contributed by atoms with van der Waals surface area (Å²) < 4.78 is 52.8. The molecule has 0 aliphatic carbocycles. The van der Waals surface area contributed by atoms with E-state index in [0.29, 0.717) is 24.1 Å². The maximum Gasteiger partial charge on any atom is 0.573 e. The summed E-state index contributed by atoms with van der Waals surface area (Å²) in [4.78, 5) is 39.0. The number of aromatic nitrogens is 1. The van der Waals surface area contributed by atoms with Gasteiger partial charge in [0, 0.05) is 12.4 Å². The number of benzene rings is 2. The van der Waals surface area contributed by atoms with Crippen LogP contribution in [0.25, 0.3) is 0 Å². The SMILES string of the molecule is CSC(Cc1ccc(OC[C@@H](OC(=O)c2cccnc2)c2ccc(OC(F)(F)F)cc2)cc1)C(=O)NC=O. The van der Waals surface area contributed by atoms with Crippen LogP contribution < -0.4 is 14.8 Å². The molecule has 12 heteroatoms. The molecule has 0 aliphatic heterocycles. The van der Waals surface area contributed by atoms with Crippen molar-refractivity contribution in [3.8, 4) is 11.5 Å². The van der Waals surface area contributed by atoms with Crippen LogP contribution in [-0.2, 0) is 20.7 Å². The van der Waals surface area contributed by atoms with Crippen LogP contribution in [0.5, 0.6) is 11.5 Å². The minimum Gasteiger partial charge on any atom is -0.489 e. The van der Waals surface area contributed by atoms with E-state index in [4.69, 9.17) is 9.47 Å². The Hall–Kier alpha value is -4.06. The van der Waals surface area contributed by atoms with Crippen LogP contribution in [0.4, 0.5) is 13.2 Å². The molecule has 2 aromatic carbocycles. The number of hydrogen-bond donors (Lipinski definition) is 1. The van der Waals surface area contributed by atoms with E-state index in [9.17, 15) is 27.6 Å². The first-order valence-corrected chi connectivity index (χ1v) is 12.4. The van der Waals surface area contributed by atoms with E-state index >= 15 is 0 Å². The van der Waals surface area contributed by atoms with Crippen LogP contribution >= 0.6 is 11.8 Å². The number of nitrogens with zero attached hydrogens (tertiary/aromatic N) is 1. The molecule has 3 aromatic rings. The molecule has 1 N–H and O–H groups in total. The standard InChI is InChI=1S/C26H23F3N2O6S/c1-38-23(24(33)31-16-32)13-17-4-8-20(9-5-17)35-15-22(36-25(34)19-3-2-12-30-14-19)18-6-10-21(11-7-18)37-26(27,28)29/h2-12,14,16,22-23H,13,15H2,1H3,(H,31,32,33)/t22-,23?/m1/s1. The first-order valence-electron chi connectivity index (χ1n) is 11.1. The second kappa shape index (κ2) is 13.5. The van der Waals surface area contributed by atoms with Crippen LogP contribution in [0.1, 0.15) is 27.6 Å². The lowest BCUT2D eigenvalue weighted by molar-refractivity contribution is -0.274. The third-order valence-electron chi connectivity index (χ3n) is 5.16. The van der Waals surface area contributed by atoms with Gasteiger partial charge in [-0.05, 0) is 60.2 Å². The average Bonchev–Trinajstić information content (AvgIpc) is 2.90. The molecule has 1 aromatic heterocycles. The molecule has 3 rings (SSSR count). The summed E-state index contributed by atoms with van der Waals surface area (Å²) in [5.41, 5.74) is 1.41. The normalized spacial score (nSPS) is 12.6. The highest BCUT2D eigenvalue weighted by Crippen LogP contribution is 2.27. The number of hydrogen-bond acceptors (Lipinski definition) is 8. The highest BCUT2D eigenvalue weighted by atomic mass is 32.2. The van der Waals surface area contributed by atoms with Crippen LogP contribution in [0.2, 0.25) is 0 Å². The molecule has 2 atom stereocenters. The van der Waals surface area contributed by atoms with Gasteiger partial charge in [-0.15, -0.1) is 13.2 Å². The summed E-state index contributed by atoms with van der Waals surface area (Å²) in [6, 6.07) is 14.9. The zero-order chi connectivity index (χ0) is 27.5. The quantitative estimate of drug-likeness (QED) is 0.261. The summed E-state index contributed by atoms with van der Waals surface area (Å²) >= 11 is 1.31. The number of imide groups is 1. The summed E-state index contributed by atoms with van der Waals surface area (Å²) in [5.74, 6) is -1.06. The molecule has 0 bridgehead atoms. The molecule has 38 heavy (non-hydrogen) atoms. The molecule has 0 fully saturated rings. The topological polar surface area (TPSA) is 104 Å². The first kappa shape index (κ1) is 28.5. The molecule has 1 unspecified atom stereocenters. The summed E-state index contributed by atoms with van der Waals surface area (Å²) in [5, 5.41) is 1.69. The molecule has 8 nitrogen and oxygen atoms in total. The fourth-order valence-electron chi connectivity index (χ4n) is 3.31. The fraction of sp³-hybridized carbons (Fsp3) is 0.231. The van der Waals surface area contributed by atoms with Crippen molar-refractivity contribution in [2.75, 3.05) is 12.9 Å². The second-order valence-corrected chi connectivity index (χ2v) is 8.80. The molecule has 0 radical (unpaired) electrons. The molecule has 0 aliphatic rings. The van der Waals surface area contributed by atoms with Gasteiger partial charge in [-0.1, -0.05) is 24.3 Å². The van der Waals surface area contributed by atoms with Crippen molar-refractivity contribution in [2.24, 2.45) is 0 Å². The Labute approximate surface area is 220 Å². The number of amides is 2. The minimum absolute atomic E-state index is 0.139. The number of carbonyl (C=O) groups is 3. The second-order valence-electron chi connectivity index (χ2n) is 7.76. The van der Waals surface area contributed by atoms with Gasteiger partial charge in [0.25, 0.3) is 0 Å². The number of alkyl halides is 3. The molecule has 200 valence electrons. The number of rotatable bonds is 12. The van der Waals surface area contributed by atoms with Gasteiger partial charge in [-0.2, -0.15) is 11.8 Å². The highest BCUT2D eigenvalue weighted by molar-refractivity contribution is 7.99. The van der Waals surface area contributed by atoms with Crippen LogP contribution in [0, 0.1) is 0 Å². The van der Waals surface area contributed by atoms with Gasteiger partial charge in [-0.25, -0.2) is 4.79 Å². The average molecular weight is 549 g/mol. The summed E-state index contributed by atoms with van der Waals surface area (Å²) in [6.45, 7) is -0.139. The number of esters is 1. The van der Waals surface area contributed by atoms with E-state index < -0.39 is 35.3 Å². The lowest BCUT2D eigenvalue weighted by Gasteiger charge is -2.20. The summed E-state index contributed by atoms with van der Waals surface area (Å²) in [7, 11) is 0. The Morgan fingerprint density at radius 2 is 1.74 bits per heavy atom. The Bertz CT molecular complexity index is 1210. The Kier molecular flexibility index (Phi) is 10.1. The molecule has 0 saturated heterocycles. The van der Waals surface area contributed by atoms with Crippen molar-refractivity contribution in [3.63, 3.8) is 0 Å². The van der Waals surface area contributed by atoms with Crippen molar-refractivity contribution in [1.29, 1.82) is 0 Å². The van der Waals surface area contributed by atoms with Gasteiger partial charge in [0.05, 0.1) is 10.8 Å². The zero-order valence-corrected chi connectivity index (χ0v) is 20.8.